The summed E-state index contributed by atoms with van der Waals surface area (Å²) in [4.78, 5) is 56.2. The Kier molecular flexibility index (Phi) is 5.13. The molecular weight excluding hydrogens is 390 g/mol. The average molecular weight is 409 g/mol. The first kappa shape index (κ1) is 19.5. The van der Waals surface area contributed by atoms with Crippen LogP contribution in [0.4, 0.5) is 11.5 Å². The van der Waals surface area contributed by atoms with Crippen LogP contribution < -0.4 is 4.90 Å². The lowest BCUT2D eigenvalue weighted by Gasteiger charge is -2.35. The summed E-state index contributed by atoms with van der Waals surface area (Å²) in [5, 5.41) is 10.7. The van der Waals surface area contributed by atoms with E-state index in [4.69, 9.17) is 0 Å². The fourth-order valence-corrected chi connectivity index (χ4v) is 3.70. The van der Waals surface area contributed by atoms with Crippen molar-refractivity contribution >= 4 is 29.2 Å². The van der Waals surface area contributed by atoms with Crippen molar-refractivity contribution in [1.29, 1.82) is 0 Å². The summed E-state index contributed by atoms with van der Waals surface area (Å²) in [5.74, 6) is -1.05. The van der Waals surface area contributed by atoms with E-state index < -0.39 is 4.92 Å². The Balaban J connectivity index is 1.29. The first-order valence-electron chi connectivity index (χ1n) is 9.54. The number of rotatable bonds is 5. The molecule has 0 bridgehead atoms. The van der Waals surface area contributed by atoms with E-state index in [0.717, 1.165) is 10.6 Å². The predicted molar refractivity (Wildman–Crippen MR) is 106 cm³/mol. The summed E-state index contributed by atoms with van der Waals surface area (Å²) in [7, 11) is 0. The normalized spacial score (nSPS) is 16.1. The molecule has 4 rings (SSSR count). The van der Waals surface area contributed by atoms with E-state index in [9.17, 15) is 24.5 Å². The van der Waals surface area contributed by atoms with Crippen molar-refractivity contribution in [3.63, 3.8) is 0 Å². The molecule has 1 saturated heterocycles. The smallest absolute Gasteiger partial charge is 0.363 e. The van der Waals surface area contributed by atoms with E-state index in [1.54, 1.807) is 35.2 Å². The third kappa shape index (κ3) is 3.59. The van der Waals surface area contributed by atoms with Crippen LogP contribution in [0.15, 0.2) is 42.6 Å². The van der Waals surface area contributed by atoms with Crippen LogP contribution in [0.1, 0.15) is 27.1 Å². The van der Waals surface area contributed by atoms with Crippen LogP contribution in [0.25, 0.3) is 0 Å². The highest BCUT2D eigenvalue weighted by Gasteiger charge is 2.35. The first-order valence-corrected chi connectivity index (χ1v) is 9.54. The van der Waals surface area contributed by atoms with Crippen LogP contribution in [0.2, 0.25) is 0 Å². The standard InChI is InChI=1S/C20H19N5O5/c26-18(7-8-24-19(27)15-3-1-2-4-16(15)20(24)28)23-11-9-22(10-12-23)14-5-6-17(21-13-14)25(29)30/h1-6,13H,7-12H2. The second kappa shape index (κ2) is 7.90. The molecule has 1 aromatic carbocycles. The quantitative estimate of drug-likeness (QED) is 0.415. The van der Waals surface area contributed by atoms with Gasteiger partial charge in [0.1, 0.15) is 0 Å². The van der Waals surface area contributed by atoms with Crippen LogP contribution in [0, 0.1) is 10.1 Å². The summed E-state index contributed by atoms with van der Waals surface area (Å²) in [6, 6.07) is 9.64. The van der Waals surface area contributed by atoms with Crippen LogP contribution in [-0.4, -0.2) is 70.2 Å². The number of carbonyl (C=O) groups excluding carboxylic acids is 3. The van der Waals surface area contributed by atoms with Crippen LogP contribution >= 0.6 is 0 Å². The van der Waals surface area contributed by atoms with Gasteiger partial charge in [-0.1, -0.05) is 12.1 Å². The van der Waals surface area contributed by atoms with Gasteiger partial charge in [-0.3, -0.25) is 19.3 Å². The van der Waals surface area contributed by atoms with Crippen LogP contribution in [0.3, 0.4) is 0 Å². The molecule has 0 atom stereocenters. The Morgan fingerprint density at radius 1 is 1.00 bits per heavy atom. The second-order valence-corrected chi connectivity index (χ2v) is 7.06. The molecule has 2 aromatic rings. The van der Waals surface area contributed by atoms with Gasteiger partial charge in [0.2, 0.25) is 5.91 Å². The summed E-state index contributed by atoms with van der Waals surface area (Å²) >= 11 is 0. The summed E-state index contributed by atoms with van der Waals surface area (Å²) in [5.41, 5.74) is 1.51. The highest BCUT2D eigenvalue weighted by Crippen LogP contribution is 2.23. The van der Waals surface area contributed by atoms with E-state index in [2.05, 4.69) is 4.98 Å². The minimum Gasteiger partial charge on any atom is -0.365 e. The Labute approximate surface area is 171 Å². The maximum atomic E-state index is 12.6. The third-order valence-electron chi connectivity index (χ3n) is 5.34. The lowest BCUT2D eigenvalue weighted by atomic mass is 10.1. The lowest BCUT2D eigenvalue weighted by molar-refractivity contribution is -0.389. The summed E-state index contributed by atoms with van der Waals surface area (Å²) in [6.07, 6.45) is 1.53. The number of piperazine rings is 1. The highest BCUT2D eigenvalue weighted by atomic mass is 16.6. The van der Waals surface area contributed by atoms with E-state index in [1.807, 2.05) is 4.90 Å². The van der Waals surface area contributed by atoms with Gasteiger partial charge in [0, 0.05) is 45.2 Å². The fraction of sp³-hybridized carbons (Fsp3) is 0.300. The van der Waals surface area contributed by atoms with Gasteiger partial charge in [-0.05, 0) is 28.1 Å². The van der Waals surface area contributed by atoms with Gasteiger partial charge >= 0.3 is 5.82 Å². The topological polar surface area (TPSA) is 117 Å². The van der Waals surface area contributed by atoms with Gasteiger partial charge in [-0.15, -0.1) is 0 Å². The number of carbonyl (C=O) groups is 3. The fourth-order valence-electron chi connectivity index (χ4n) is 3.70. The number of anilines is 1. The number of nitro groups is 1. The zero-order valence-electron chi connectivity index (χ0n) is 16.1. The Morgan fingerprint density at radius 2 is 1.63 bits per heavy atom. The number of amides is 3. The molecule has 0 spiro atoms. The second-order valence-electron chi connectivity index (χ2n) is 7.06. The molecule has 1 aromatic heterocycles. The molecule has 3 amide bonds. The minimum absolute atomic E-state index is 0.0532. The molecule has 154 valence electrons. The van der Waals surface area contributed by atoms with Gasteiger partial charge < -0.3 is 19.9 Å². The maximum Gasteiger partial charge on any atom is 0.363 e. The molecule has 0 radical (unpaired) electrons. The Hall–Kier alpha value is -3.82. The molecule has 2 aliphatic rings. The third-order valence-corrected chi connectivity index (χ3v) is 5.34. The van der Waals surface area contributed by atoms with E-state index in [1.165, 1.54) is 12.3 Å². The number of pyridine rings is 1. The van der Waals surface area contributed by atoms with Crippen molar-refractivity contribution in [3.05, 3.63) is 63.8 Å². The number of hydrogen-bond acceptors (Lipinski definition) is 7. The molecule has 0 aliphatic carbocycles. The van der Waals surface area contributed by atoms with Gasteiger partial charge in [0.15, 0.2) is 6.20 Å². The highest BCUT2D eigenvalue weighted by molar-refractivity contribution is 6.21. The molecular formula is C20H19N5O5. The van der Waals surface area contributed by atoms with Crippen molar-refractivity contribution in [3.8, 4) is 0 Å². The number of hydrogen-bond donors (Lipinski definition) is 0. The van der Waals surface area contributed by atoms with Crippen LogP contribution in [-0.2, 0) is 4.79 Å². The van der Waals surface area contributed by atoms with Crippen molar-refractivity contribution in [2.45, 2.75) is 6.42 Å². The maximum absolute atomic E-state index is 12.6. The van der Waals surface area contributed by atoms with Gasteiger partial charge in [0.25, 0.3) is 11.8 Å². The largest absolute Gasteiger partial charge is 0.365 e. The Morgan fingerprint density at radius 3 is 2.17 bits per heavy atom. The molecule has 2 aliphatic heterocycles. The Bertz CT molecular complexity index is 980. The van der Waals surface area contributed by atoms with E-state index >= 15 is 0 Å². The van der Waals surface area contributed by atoms with Gasteiger partial charge in [-0.2, -0.15) is 0 Å². The SMILES string of the molecule is O=C(CCN1C(=O)c2ccccc2C1=O)N1CCN(c2ccc([N+](=O)[O-])nc2)CC1. The molecule has 0 N–H and O–H groups in total. The zero-order valence-corrected chi connectivity index (χ0v) is 16.1. The molecule has 10 nitrogen and oxygen atoms in total. The number of fused-ring (bicyclic) bond motifs is 1. The molecule has 30 heavy (non-hydrogen) atoms. The van der Waals surface area contributed by atoms with Crippen LogP contribution in [0.5, 0.6) is 0 Å². The predicted octanol–water partition coefficient (Wildman–Crippen LogP) is 1.32. The van der Waals surface area contributed by atoms with Crippen molar-refractivity contribution < 1.29 is 19.3 Å². The summed E-state index contributed by atoms with van der Waals surface area (Å²) in [6.45, 7) is 2.16. The van der Waals surface area contributed by atoms with Crippen molar-refractivity contribution in [1.82, 2.24) is 14.8 Å². The number of benzene rings is 1. The molecule has 0 unspecified atom stereocenters. The average Bonchev–Trinajstić information content (AvgIpc) is 3.02. The minimum atomic E-state index is -0.547. The molecule has 1 fully saturated rings. The molecule has 3 heterocycles. The van der Waals surface area contributed by atoms with Crippen molar-refractivity contribution in [2.24, 2.45) is 0 Å². The lowest BCUT2D eigenvalue weighted by Crippen LogP contribution is -2.49. The number of imide groups is 1. The first-order chi connectivity index (χ1) is 14.5. The summed E-state index contributed by atoms with van der Waals surface area (Å²) < 4.78 is 0. The zero-order chi connectivity index (χ0) is 21.3. The number of nitrogens with zero attached hydrogens (tertiary/aromatic N) is 5. The van der Waals surface area contributed by atoms with Crippen molar-refractivity contribution in [2.75, 3.05) is 37.6 Å². The van der Waals surface area contributed by atoms with E-state index in [-0.39, 0.29) is 36.5 Å². The number of aromatic nitrogens is 1. The van der Waals surface area contributed by atoms with E-state index in [0.29, 0.717) is 37.3 Å². The molecule has 10 heteroatoms. The monoisotopic (exact) mass is 409 g/mol. The van der Waals surface area contributed by atoms with Gasteiger partial charge in [0.05, 0.1) is 16.8 Å². The molecule has 0 saturated carbocycles. The van der Waals surface area contributed by atoms with Gasteiger partial charge in [-0.25, -0.2) is 0 Å².